The van der Waals surface area contributed by atoms with Crippen LogP contribution in [0.1, 0.15) is 11.3 Å². The van der Waals surface area contributed by atoms with Gasteiger partial charge in [0.05, 0.1) is 19.3 Å². The first kappa shape index (κ1) is 16.9. The van der Waals surface area contributed by atoms with E-state index in [0.29, 0.717) is 30.6 Å². The molecule has 0 saturated carbocycles. The van der Waals surface area contributed by atoms with Gasteiger partial charge in [-0.15, -0.1) is 0 Å². The van der Waals surface area contributed by atoms with Gasteiger partial charge in [0.2, 0.25) is 0 Å². The molecule has 134 valence electrons. The van der Waals surface area contributed by atoms with Crippen LogP contribution in [-0.2, 0) is 11.3 Å². The molecule has 2 fully saturated rings. The first-order valence-corrected chi connectivity index (χ1v) is 8.75. The molecule has 2 atom stereocenters. The number of anilines is 1. The third-order valence-electron chi connectivity index (χ3n) is 4.97. The molecule has 2 aliphatic rings. The Bertz CT molecular complexity index is 806. The second kappa shape index (κ2) is 7.36. The molecule has 0 N–H and O–H groups in total. The van der Waals surface area contributed by atoms with Crippen molar-refractivity contribution in [3.8, 4) is 6.07 Å². The summed E-state index contributed by atoms with van der Waals surface area (Å²) in [6, 6.07) is 8.99. The second-order valence-electron chi connectivity index (χ2n) is 6.86. The number of aromatic nitrogens is 2. The summed E-state index contributed by atoms with van der Waals surface area (Å²) in [6.07, 6.45) is 3.17. The summed E-state index contributed by atoms with van der Waals surface area (Å²) in [6.45, 7) is 4.49. The molecule has 6 nitrogen and oxygen atoms in total. The normalized spacial score (nSPS) is 23.3. The largest absolute Gasteiger partial charge is 0.379 e. The predicted octanol–water partition coefficient (Wildman–Crippen LogP) is 1.82. The molecule has 0 radical (unpaired) electrons. The monoisotopic (exact) mass is 353 g/mol. The summed E-state index contributed by atoms with van der Waals surface area (Å²) in [4.78, 5) is 13.1. The van der Waals surface area contributed by atoms with Crippen molar-refractivity contribution in [1.29, 1.82) is 5.26 Å². The molecule has 0 spiro atoms. The Hall–Kier alpha value is -2.56. The fraction of sp³-hybridized carbons (Fsp3) is 0.421. The van der Waals surface area contributed by atoms with Crippen molar-refractivity contribution in [2.45, 2.75) is 12.6 Å². The molecule has 1 aromatic heterocycles. The van der Waals surface area contributed by atoms with Gasteiger partial charge in [-0.1, -0.05) is 12.1 Å². The SMILES string of the molecule is N#Cc1nccnc1N1C[C@@H]2COC[C@H](C1)N(Cc1ccc(F)cc1)C2. The molecule has 26 heavy (non-hydrogen) atoms. The lowest BCUT2D eigenvalue weighted by Crippen LogP contribution is -2.44. The van der Waals surface area contributed by atoms with Crippen LogP contribution >= 0.6 is 0 Å². The quantitative estimate of drug-likeness (QED) is 0.839. The van der Waals surface area contributed by atoms with Gasteiger partial charge in [0.1, 0.15) is 11.9 Å². The van der Waals surface area contributed by atoms with Crippen LogP contribution in [0.2, 0.25) is 0 Å². The van der Waals surface area contributed by atoms with Gasteiger partial charge in [0.25, 0.3) is 0 Å². The van der Waals surface area contributed by atoms with E-state index in [4.69, 9.17) is 4.74 Å². The van der Waals surface area contributed by atoms with Crippen molar-refractivity contribution in [3.05, 3.63) is 53.7 Å². The average Bonchev–Trinajstić information content (AvgIpc) is 2.93. The van der Waals surface area contributed by atoms with Gasteiger partial charge in [-0.2, -0.15) is 5.26 Å². The third kappa shape index (κ3) is 3.52. The fourth-order valence-electron chi connectivity index (χ4n) is 3.76. The van der Waals surface area contributed by atoms with E-state index in [1.165, 1.54) is 12.1 Å². The van der Waals surface area contributed by atoms with Crippen LogP contribution < -0.4 is 4.90 Å². The van der Waals surface area contributed by atoms with Gasteiger partial charge in [-0.25, -0.2) is 14.4 Å². The Labute approximate surface area is 151 Å². The highest BCUT2D eigenvalue weighted by atomic mass is 19.1. The maximum Gasteiger partial charge on any atom is 0.183 e. The van der Waals surface area contributed by atoms with Crippen molar-refractivity contribution in [1.82, 2.24) is 14.9 Å². The average molecular weight is 353 g/mol. The molecule has 1 aromatic carbocycles. The van der Waals surface area contributed by atoms with Crippen molar-refractivity contribution in [2.24, 2.45) is 5.92 Å². The maximum absolute atomic E-state index is 13.2. The van der Waals surface area contributed by atoms with Crippen molar-refractivity contribution in [2.75, 3.05) is 37.7 Å². The topological polar surface area (TPSA) is 65.3 Å². The molecule has 2 saturated heterocycles. The number of nitriles is 1. The third-order valence-corrected chi connectivity index (χ3v) is 4.97. The first-order valence-electron chi connectivity index (χ1n) is 8.75. The molecular weight excluding hydrogens is 333 g/mol. The van der Waals surface area contributed by atoms with E-state index < -0.39 is 0 Å². The number of hydrogen-bond donors (Lipinski definition) is 0. The second-order valence-corrected chi connectivity index (χ2v) is 6.86. The smallest absolute Gasteiger partial charge is 0.183 e. The van der Waals surface area contributed by atoms with Crippen LogP contribution in [0.3, 0.4) is 0 Å². The summed E-state index contributed by atoms with van der Waals surface area (Å²) in [5.74, 6) is 0.747. The molecule has 0 unspecified atom stereocenters. The first-order chi connectivity index (χ1) is 12.7. The Balaban J connectivity index is 1.57. The summed E-state index contributed by atoms with van der Waals surface area (Å²) in [5.41, 5.74) is 1.45. The van der Waals surface area contributed by atoms with Crippen LogP contribution in [0, 0.1) is 23.1 Å². The summed E-state index contributed by atoms with van der Waals surface area (Å²) < 4.78 is 19.0. The van der Waals surface area contributed by atoms with Crippen LogP contribution in [0.25, 0.3) is 0 Å². The van der Waals surface area contributed by atoms with E-state index in [1.54, 1.807) is 12.4 Å². The number of ether oxygens (including phenoxy) is 1. The highest BCUT2D eigenvalue weighted by molar-refractivity contribution is 5.50. The molecule has 2 aliphatic heterocycles. The minimum absolute atomic E-state index is 0.182. The number of rotatable bonds is 3. The van der Waals surface area contributed by atoms with Crippen LogP contribution in [-0.4, -0.2) is 53.8 Å². The van der Waals surface area contributed by atoms with Crippen LogP contribution in [0.5, 0.6) is 0 Å². The lowest BCUT2D eigenvalue weighted by molar-refractivity contribution is 0.0872. The Morgan fingerprint density at radius 2 is 1.92 bits per heavy atom. The van der Waals surface area contributed by atoms with Crippen molar-refractivity contribution < 1.29 is 9.13 Å². The van der Waals surface area contributed by atoms with Gasteiger partial charge in [0.15, 0.2) is 11.5 Å². The van der Waals surface area contributed by atoms with Gasteiger partial charge in [-0.3, -0.25) is 4.90 Å². The van der Waals surface area contributed by atoms with E-state index in [1.807, 2.05) is 12.1 Å². The molecular formula is C19H20FN5O. The number of halogens is 1. The van der Waals surface area contributed by atoms with Gasteiger partial charge in [0, 0.05) is 44.5 Å². The van der Waals surface area contributed by atoms with E-state index >= 15 is 0 Å². The molecule has 2 bridgehead atoms. The van der Waals surface area contributed by atoms with Crippen molar-refractivity contribution in [3.63, 3.8) is 0 Å². The highest BCUT2D eigenvalue weighted by Gasteiger charge is 2.34. The number of hydrogen-bond acceptors (Lipinski definition) is 6. The highest BCUT2D eigenvalue weighted by Crippen LogP contribution is 2.25. The Morgan fingerprint density at radius 3 is 2.73 bits per heavy atom. The number of fused-ring (bicyclic) bond motifs is 3. The van der Waals surface area contributed by atoms with Gasteiger partial charge in [-0.05, 0) is 17.7 Å². The van der Waals surface area contributed by atoms with Gasteiger partial charge >= 0.3 is 0 Å². The molecule has 2 aromatic rings. The van der Waals surface area contributed by atoms with E-state index in [9.17, 15) is 9.65 Å². The zero-order valence-corrected chi connectivity index (χ0v) is 14.4. The minimum Gasteiger partial charge on any atom is -0.379 e. The zero-order valence-electron chi connectivity index (χ0n) is 14.4. The van der Waals surface area contributed by atoms with Crippen LogP contribution in [0.15, 0.2) is 36.7 Å². The molecule has 4 rings (SSSR count). The molecule has 7 heteroatoms. The molecule has 0 amide bonds. The van der Waals surface area contributed by atoms with E-state index in [-0.39, 0.29) is 11.9 Å². The minimum atomic E-state index is -0.218. The lowest BCUT2D eigenvalue weighted by atomic mass is 10.1. The fourth-order valence-corrected chi connectivity index (χ4v) is 3.76. The Kier molecular flexibility index (Phi) is 4.78. The molecule has 3 heterocycles. The summed E-state index contributed by atoms with van der Waals surface area (Å²) >= 11 is 0. The molecule has 0 aliphatic carbocycles. The number of benzene rings is 1. The lowest BCUT2D eigenvalue weighted by Gasteiger charge is -2.32. The standard InChI is InChI=1S/C19H20FN5O/c20-16-3-1-14(2-4-16)8-24-9-15-10-25(11-17(24)13-26-12-15)19-18(7-21)22-5-6-23-19/h1-6,15,17H,8-13H2/t15-,17+/m1/s1. The maximum atomic E-state index is 13.2. The number of nitrogens with zero attached hydrogens (tertiary/aromatic N) is 5. The van der Waals surface area contributed by atoms with Crippen molar-refractivity contribution >= 4 is 5.82 Å². The summed E-state index contributed by atoms with van der Waals surface area (Å²) in [7, 11) is 0. The van der Waals surface area contributed by atoms with E-state index in [0.717, 1.165) is 31.7 Å². The van der Waals surface area contributed by atoms with Gasteiger partial charge < -0.3 is 9.64 Å². The van der Waals surface area contributed by atoms with E-state index in [2.05, 4.69) is 25.8 Å². The Morgan fingerprint density at radius 1 is 1.12 bits per heavy atom. The zero-order chi connectivity index (χ0) is 17.9. The van der Waals surface area contributed by atoms with Crippen LogP contribution in [0.4, 0.5) is 10.2 Å². The summed E-state index contributed by atoms with van der Waals surface area (Å²) in [5, 5.41) is 9.35. The predicted molar refractivity (Wildman–Crippen MR) is 93.9 cm³/mol.